The minimum absolute atomic E-state index is 0.0270. The van der Waals surface area contributed by atoms with Crippen molar-refractivity contribution in [2.24, 2.45) is 11.8 Å². The van der Waals surface area contributed by atoms with Crippen LogP contribution in [0, 0.1) is 11.8 Å². The molecule has 0 spiro atoms. The second kappa shape index (κ2) is 10.9. The number of nitrogens with one attached hydrogen (secondary N) is 1. The minimum atomic E-state index is -0.102. The van der Waals surface area contributed by atoms with E-state index >= 15 is 0 Å². The van der Waals surface area contributed by atoms with Gasteiger partial charge in [0.2, 0.25) is 5.91 Å². The topological polar surface area (TPSA) is 52.7 Å². The summed E-state index contributed by atoms with van der Waals surface area (Å²) in [7, 11) is 0. The van der Waals surface area contributed by atoms with Gasteiger partial charge in [0.05, 0.1) is 5.56 Å². The Bertz CT molecular complexity index is 943. The lowest BCUT2D eigenvalue weighted by Gasteiger charge is -2.36. The van der Waals surface area contributed by atoms with E-state index < -0.39 is 0 Å². The fourth-order valence-corrected chi connectivity index (χ4v) is 4.94. The van der Waals surface area contributed by atoms with E-state index in [-0.39, 0.29) is 17.7 Å². The Balaban J connectivity index is 1.51. The standard InChI is InChI=1S/C28H37N3O2/c1-21(2)27(32)29-24-11-12-26(25(20-24)28(33)31-15-7-4-8-16-31)30-17-13-23(14-18-30)19-22-9-5-3-6-10-22/h3,5-6,9-12,20-21,23H,4,7-8,13-19H2,1-2H3,(H,29,32). The number of likely N-dealkylation sites (tertiary alicyclic amines) is 1. The number of benzene rings is 2. The first-order valence-corrected chi connectivity index (χ1v) is 12.5. The van der Waals surface area contributed by atoms with Crippen LogP contribution in [0.1, 0.15) is 61.9 Å². The van der Waals surface area contributed by atoms with Gasteiger partial charge in [-0.1, -0.05) is 44.2 Å². The molecule has 1 N–H and O–H groups in total. The molecule has 2 fully saturated rings. The molecule has 5 heteroatoms. The zero-order valence-electron chi connectivity index (χ0n) is 20.1. The summed E-state index contributed by atoms with van der Waals surface area (Å²) in [5, 5.41) is 2.98. The molecule has 2 heterocycles. The molecule has 2 amide bonds. The van der Waals surface area contributed by atoms with Crippen molar-refractivity contribution in [3.05, 3.63) is 59.7 Å². The number of hydrogen-bond acceptors (Lipinski definition) is 3. The number of carbonyl (C=O) groups is 2. The maximum atomic E-state index is 13.5. The molecule has 0 aliphatic carbocycles. The second-order valence-corrected chi connectivity index (χ2v) is 9.85. The van der Waals surface area contributed by atoms with Gasteiger partial charge in [-0.3, -0.25) is 9.59 Å². The molecule has 2 aliphatic rings. The van der Waals surface area contributed by atoms with Crippen LogP contribution >= 0.6 is 0 Å². The van der Waals surface area contributed by atoms with Crippen LogP contribution < -0.4 is 10.2 Å². The van der Waals surface area contributed by atoms with E-state index in [4.69, 9.17) is 0 Å². The van der Waals surface area contributed by atoms with Gasteiger partial charge >= 0.3 is 0 Å². The molecule has 2 aromatic rings. The molecule has 0 aromatic heterocycles. The Labute approximate surface area is 198 Å². The smallest absolute Gasteiger partial charge is 0.256 e. The summed E-state index contributed by atoms with van der Waals surface area (Å²) in [4.78, 5) is 30.1. The third-order valence-electron chi connectivity index (χ3n) is 6.98. The van der Waals surface area contributed by atoms with Crippen molar-refractivity contribution in [1.82, 2.24) is 4.90 Å². The summed E-state index contributed by atoms with van der Waals surface area (Å²) in [5.74, 6) is 0.640. The summed E-state index contributed by atoms with van der Waals surface area (Å²) in [5.41, 5.74) is 3.84. The molecular formula is C28H37N3O2. The highest BCUT2D eigenvalue weighted by Crippen LogP contribution is 2.31. The molecule has 0 saturated carbocycles. The van der Waals surface area contributed by atoms with E-state index in [0.717, 1.165) is 69.5 Å². The normalized spacial score (nSPS) is 17.3. The molecular weight excluding hydrogens is 410 g/mol. The van der Waals surface area contributed by atoms with E-state index in [1.807, 2.05) is 36.9 Å². The third kappa shape index (κ3) is 5.95. The van der Waals surface area contributed by atoms with Crippen molar-refractivity contribution in [3.63, 3.8) is 0 Å². The Hall–Kier alpha value is -2.82. The van der Waals surface area contributed by atoms with Crippen molar-refractivity contribution >= 4 is 23.2 Å². The van der Waals surface area contributed by atoms with E-state index in [2.05, 4.69) is 40.5 Å². The summed E-state index contributed by atoms with van der Waals surface area (Å²) >= 11 is 0. The van der Waals surface area contributed by atoms with Crippen molar-refractivity contribution in [1.29, 1.82) is 0 Å². The van der Waals surface area contributed by atoms with Gasteiger partial charge in [0.15, 0.2) is 0 Å². The monoisotopic (exact) mass is 447 g/mol. The van der Waals surface area contributed by atoms with Gasteiger partial charge in [0.25, 0.3) is 5.91 Å². The summed E-state index contributed by atoms with van der Waals surface area (Å²) in [6.07, 6.45) is 6.69. The van der Waals surface area contributed by atoms with Crippen LogP contribution in [-0.2, 0) is 11.2 Å². The zero-order valence-corrected chi connectivity index (χ0v) is 20.1. The lowest BCUT2D eigenvalue weighted by molar-refractivity contribution is -0.118. The summed E-state index contributed by atoms with van der Waals surface area (Å²) in [6.45, 7) is 7.30. The first-order valence-electron chi connectivity index (χ1n) is 12.5. The van der Waals surface area contributed by atoms with Gasteiger partial charge in [0.1, 0.15) is 0 Å². The molecule has 0 unspecified atom stereocenters. The number of hydrogen-bond donors (Lipinski definition) is 1. The summed E-state index contributed by atoms with van der Waals surface area (Å²) < 4.78 is 0. The first kappa shape index (κ1) is 23.3. The van der Waals surface area contributed by atoms with Crippen LogP contribution in [0.5, 0.6) is 0 Å². The minimum Gasteiger partial charge on any atom is -0.371 e. The Morgan fingerprint density at radius 3 is 2.30 bits per heavy atom. The lowest BCUT2D eigenvalue weighted by atomic mass is 9.89. The Morgan fingerprint density at radius 2 is 1.64 bits per heavy atom. The van der Waals surface area contributed by atoms with Gasteiger partial charge in [-0.25, -0.2) is 0 Å². The average Bonchev–Trinajstić information content (AvgIpc) is 2.85. The molecule has 0 atom stereocenters. The van der Waals surface area contributed by atoms with Gasteiger partial charge in [-0.05, 0) is 68.2 Å². The molecule has 2 aromatic carbocycles. The quantitative estimate of drug-likeness (QED) is 0.648. The maximum absolute atomic E-state index is 13.5. The van der Waals surface area contributed by atoms with Crippen molar-refractivity contribution in [3.8, 4) is 0 Å². The van der Waals surface area contributed by atoms with Crippen LogP contribution in [0.4, 0.5) is 11.4 Å². The average molecular weight is 448 g/mol. The Morgan fingerprint density at radius 1 is 0.939 bits per heavy atom. The second-order valence-electron chi connectivity index (χ2n) is 9.85. The van der Waals surface area contributed by atoms with Crippen LogP contribution in [0.25, 0.3) is 0 Å². The molecule has 33 heavy (non-hydrogen) atoms. The number of carbonyl (C=O) groups excluding carboxylic acids is 2. The predicted octanol–water partition coefficient (Wildman–Crippen LogP) is 5.37. The number of nitrogens with zero attached hydrogens (tertiary/aromatic N) is 2. The largest absolute Gasteiger partial charge is 0.371 e. The molecule has 2 aliphatic heterocycles. The van der Waals surface area contributed by atoms with E-state index in [1.54, 1.807) is 0 Å². The van der Waals surface area contributed by atoms with Crippen molar-refractivity contribution < 1.29 is 9.59 Å². The number of anilines is 2. The fraction of sp³-hybridized carbons (Fsp3) is 0.500. The highest BCUT2D eigenvalue weighted by Gasteiger charge is 2.26. The Kier molecular flexibility index (Phi) is 7.69. The highest BCUT2D eigenvalue weighted by atomic mass is 16.2. The van der Waals surface area contributed by atoms with Gasteiger partial charge in [-0.15, -0.1) is 0 Å². The summed E-state index contributed by atoms with van der Waals surface area (Å²) in [6, 6.07) is 16.6. The van der Waals surface area contributed by atoms with Crippen LogP contribution in [0.15, 0.2) is 48.5 Å². The van der Waals surface area contributed by atoms with E-state index in [1.165, 1.54) is 12.0 Å². The molecule has 0 bridgehead atoms. The maximum Gasteiger partial charge on any atom is 0.256 e. The molecule has 0 radical (unpaired) electrons. The molecule has 176 valence electrons. The van der Waals surface area contributed by atoms with Gasteiger partial charge in [0, 0.05) is 43.5 Å². The van der Waals surface area contributed by atoms with Crippen LogP contribution in [0.3, 0.4) is 0 Å². The molecule has 5 nitrogen and oxygen atoms in total. The number of piperidine rings is 2. The van der Waals surface area contributed by atoms with Crippen LogP contribution in [0.2, 0.25) is 0 Å². The number of amides is 2. The molecule has 2 saturated heterocycles. The van der Waals surface area contributed by atoms with Crippen LogP contribution in [-0.4, -0.2) is 42.9 Å². The number of rotatable bonds is 6. The van der Waals surface area contributed by atoms with Crippen molar-refractivity contribution in [2.75, 3.05) is 36.4 Å². The van der Waals surface area contributed by atoms with E-state index in [9.17, 15) is 9.59 Å². The third-order valence-corrected chi connectivity index (χ3v) is 6.98. The highest BCUT2D eigenvalue weighted by molar-refractivity contribution is 6.02. The first-order chi connectivity index (χ1) is 16.0. The predicted molar refractivity (Wildman–Crippen MR) is 135 cm³/mol. The lowest BCUT2D eigenvalue weighted by Crippen LogP contribution is -2.39. The van der Waals surface area contributed by atoms with E-state index in [0.29, 0.717) is 11.6 Å². The zero-order chi connectivity index (χ0) is 23.2. The van der Waals surface area contributed by atoms with Crippen molar-refractivity contribution in [2.45, 2.75) is 52.4 Å². The SMILES string of the molecule is CC(C)C(=O)Nc1ccc(N2CCC(Cc3ccccc3)CC2)c(C(=O)N2CCCCC2)c1. The van der Waals surface area contributed by atoms with Gasteiger partial charge in [-0.2, -0.15) is 0 Å². The fourth-order valence-electron chi connectivity index (χ4n) is 4.94. The van der Waals surface area contributed by atoms with Gasteiger partial charge < -0.3 is 15.1 Å². The molecule has 4 rings (SSSR count).